The quantitative estimate of drug-likeness (QED) is 0.530. The number of benzene rings is 1. The Kier molecular flexibility index (Phi) is 5.63. The van der Waals surface area contributed by atoms with Gasteiger partial charge in [-0.3, -0.25) is 4.79 Å². The first kappa shape index (κ1) is 20.6. The van der Waals surface area contributed by atoms with E-state index in [0.29, 0.717) is 4.31 Å². The van der Waals surface area contributed by atoms with Crippen molar-refractivity contribution in [1.82, 2.24) is 4.31 Å². The summed E-state index contributed by atoms with van der Waals surface area (Å²) in [7, 11) is -8.49. The maximum absolute atomic E-state index is 12.9. The smallest absolute Gasteiger partial charge is 0.335 e. The Balaban J connectivity index is 2.59. The second kappa shape index (κ2) is 7.12. The molecule has 1 aromatic carbocycles. The topological polar surface area (TPSA) is 166 Å². The lowest BCUT2D eigenvalue weighted by atomic mass is 10.2. The molecule has 0 unspecified atom stereocenters. The number of aliphatic hydroxyl groups is 1. The van der Waals surface area contributed by atoms with Gasteiger partial charge in [-0.15, -0.1) is 0 Å². The minimum atomic E-state index is -4.72. The zero-order valence-corrected chi connectivity index (χ0v) is 15.3. The second-order valence-corrected chi connectivity index (χ2v) is 10.0. The number of aromatic carboxylic acids is 1. The number of carboxylic acid groups (broad SMARTS) is 2. The molecular weight excluding hydrogens is 414 g/mol. The van der Waals surface area contributed by atoms with Crippen LogP contribution in [0, 0.1) is 0 Å². The molecule has 0 aromatic heterocycles. The number of rotatable bonds is 6. The third-order valence-corrected chi connectivity index (χ3v) is 7.77. The molecule has 0 saturated carbocycles. The number of carboxylic acids is 2. The molecule has 13 heteroatoms. The predicted molar refractivity (Wildman–Crippen MR) is 88.4 cm³/mol. The summed E-state index contributed by atoms with van der Waals surface area (Å²) < 4.78 is 49.5. The van der Waals surface area contributed by atoms with E-state index in [2.05, 4.69) is 0 Å². The van der Waals surface area contributed by atoms with Crippen LogP contribution in [0.1, 0.15) is 10.4 Å². The van der Waals surface area contributed by atoms with Gasteiger partial charge in [0.1, 0.15) is 11.4 Å². The molecule has 0 spiro atoms. The number of sulfonamides is 1. The van der Waals surface area contributed by atoms with Crippen LogP contribution in [0.4, 0.5) is 0 Å². The summed E-state index contributed by atoms with van der Waals surface area (Å²) in [6.07, 6.45) is -1.63. The summed E-state index contributed by atoms with van der Waals surface area (Å²) in [5.41, 5.74) is -0.414. The molecule has 1 aliphatic rings. The van der Waals surface area contributed by atoms with E-state index in [0.717, 1.165) is 18.2 Å². The van der Waals surface area contributed by atoms with E-state index < -0.39 is 72.5 Å². The van der Waals surface area contributed by atoms with Crippen molar-refractivity contribution in [2.45, 2.75) is 17.0 Å². The van der Waals surface area contributed by atoms with Crippen LogP contribution in [0.5, 0.6) is 0 Å². The molecule has 26 heavy (non-hydrogen) atoms. The molecule has 2 rings (SSSR count). The molecular formula is C13H14ClNO9S2. The zero-order chi connectivity index (χ0) is 19.9. The van der Waals surface area contributed by atoms with E-state index in [4.69, 9.17) is 21.8 Å². The van der Waals surface area contributed by atoms with Crippen LogP contribution in [-0.2, 0) is 24.7 Å². The number of aliphatic hydroxyl groups excluding tert-OH is 1. The molecule has 2 atom stereocenters. The highest BCUT2D eigenvalue weighted by atomic mass is 35.5. The average molecular weight is 428 g/mol. The number of sulfone groups is 1. The first-order valence-corrected chi connectivity index (χ1v) is 10.6. The van der Waals surface area contributed by atoms with Crippen LogP contribution in [0.15, 0.2) is 23.1 Å². The van der Waals surface area contributed by atoms with Gasteiger partial charge in [0.15, 0.2) is 9.84 Å². The molecule has 1 heterocycles. The van der Waals surface area contributed by atoms with Crippen LogP contribution in [0.25, 0.3) is 0 Å². The number of hydrogen-bond acceptors (Lipinski definition) is 7. The summed E-state index contributed by atoms with van der Waals surface area (Å²) in [5, 5.41) is 27.6. The van der Waals surface area contributed by atoms with Crippen LogP contribution in [-0.4, -0.2) is 78.6 Å². The number of carbonyl (C=O) groups is 2. The van der Waals surface area contributed by atoms with Gasteiger partial charge in [0.25, 0.3) is 0 Å². The largest absolute Gasteiger partial charge is 0.480 e. The fraction of sp³-hybridized carbons (Fsp3) is 0.385. The van der Waals surface area contributed by atoms with Gasteiger partial charge in [-0.2, -0.15) is 4.31 Å². The van der Waals surface area contributed by atoms with E-state index in [1.54, 1.807) is 0 Å². The van der Waals surface area contributed by atoms with Crippen molar-refractivity contribution < 1.29 is 41.7 Å². The Morgan fingerprint density at radius 3 is 2.31 bits per heavy atom. The highest BCUT2D eigenvalue weighted by Gasteiger charge is 2.46. The molecule has 0 aliphatic carbocycles. The van der Waals surface area contributed by atoms with Crippen LogP contribution >= 0.6 is 11.6 Å². The predicted octanol–water partition coefficient (Wildman–Crippen LogP) is -0.729. The summed E-state index contributed by atoms with van der Waals surface area (Å²) in [5.74, 6) is -4.51. The van der Waals surface area contributed by atoms with Crippen LogP contribution in [0.3, 0.4) is 0 Å². The Morgan fingerprint density at radius 2 is 1.85 bits per heavy atom. The molecule has 0 bridgehead atoms. The standard InChI is InChI=1S/C13H14ClNO9S2/c14-8-2-1-7(13(19)20)3-11(8)26(23,24)15(4-12(17)18)9-5-25(21,22)6-10(9)16/h1-3,9-10,16H,4-6H2,(H,17,18)(H,19,20)/t9-,10-/m0/s1. The summed E-state index contributed by atoms with van der Waals surface area (Å²) >= 11 is 5.84. The van der Waals surface area contributed by atoms with Crippen LogP contribution < -0.4 is 0 Å². The molecule has 1 saturated heterocycles. The highest BCUT2D eigenvalue weighted by molar-refractivity contribution is 7.92. The van der Waals surface area contributed by atoms with Gasteiger partial charge in [0, 0.05) is 0 Å². The first-order chi connectivity index (χ1) is 11.8. The molecule has 0 amide bonds. The fourth-order valence-corrected chi connectivity index (χ4v) is 6.56. The van der Waals surface area contributed by atoms with Gasteiger partial charge in [-0.1, -0.05) is 11.6 Å². The van der Waals surface area contributed by atoms with E-state index in [-0.39, 0.29) is 5.02 Å². The molecule has 1 aliphatic heterocycles. The number of hydrogen-bond donors (Lipinski definition) is 3. The van der Waals surface area contributed by atoms with Crippen molar-refractivity contribution >= 4 is 43.4 Å². The van der Waals surface area contributed by atoms with Gasteiger partial charge >= 0.3 is 11.9 Å². The Morgan fingerprint density at radius 1 is 1.23 bits per heavy atom. The number of nitrogens with zero attached hydrogens (tertiary/aromatic N) is 1. The van der Waals surface area contributed by atoms with E-state index in [1.165, 1.54) is 0 Å². The van der Waals surface area contributed by atoms with Gasteiger partial charge < -0.3 is 15.3 Å². The fourth-order valence-electron chi connectivity index (χ4n) is 2.56. The van der Waals surface area contributed by atoms with Crippen molar-refractivity contribution in [1.29, 1.82) is 0 Å². The highest BCUT2D eigenvalue weighted by Crippen LogP contribution is 2.30. The summed E-state index contributed by atoms with van der Waals surface area (Å²) in [4.78, 5) is 21.5. The lowest BCUT2D eigenvalue weighted by molar-refractivity contribution is -0.137. The molecule has 144 valence electrons. The van der Waals surface area contributed by atoms with Crippen molar-refractivity contribution in [2.24, 2.45) is 0 Å². The number of aliphatic carboxylic acids is 1. The minimum absolute atomic E-state index is 0.317. The zero-order valence-electron chi connectivity index (χ0n) is 12.9. The molecule has 0 radical (unpaired) electrons. The molecule has 1 fully saturated rings. The lowest BCUT2D eigenvalue weighted by Gasteiger charge is -2.28. The first-order valence-electron chi connectivity index (χ1n) is 7.00. The molecule has 3 N–H and O–H groups in total. The summed E-state index contributed by atoms with van der Waals surface area (Å²) in [6.45, 7) is -1.13. The average Bonchev–Trinajstić information content (AvgIpc) is 2.77. The van der Waals surface area contributed by atoms with Gasteiger partial charge in [0.2, 0.25) is 10.0 Å². The SMILES string of the molecule is O=C(O)CN([C@H]1CS(=O)(=O)C[C@@H]1O)S(=O)(=O)c1cc(C(=O)O)ccc1Cl. The molecule has 10 nitrogen and oxygen atoms in total. The van der Waals surface area contributed by atoms with Crippen molar-refractivity contribution in [3.05, 3.63) is 28.8 Å². The normalized spacial score (nSPS) is 22.4. The third-order valence-electron chi connectivity index (χ3n) is 3.72. The summed E-state index contributed by atoms with van der Waals surface area (Å²) in [6, 6.07) is 1.27. The Bertz CT molecular complexity index is 958. The van der Waals surface area contributed by atoms with E-state index >= 15 is 0 Å². The minimum Gasteiger partial charge on any atom is -0.480 e. The maximum atomic E-state index is 12.9. The van der Waals surface area contributed by atoms with Crippen molar-refractivity contribution in [3.63, 3.8) is 0 Å². The molecule has 1 aromatic rings. The van der Waals surface area contributed by atoms with Gasteiger partial charge in [0.05, 0.1) is 34.2 Å². The Hall–Kier alpha value is -1.73. The van der Waals surface area contributed by atoms with Crippen molar-refractivity contribution in [3.8, 4) is 0 Å². The number of halogens is 1. The van der Waals surface area contributed by atoms with Crippen LogP contribution in [0.2, 0.25) is 5.02 Å². The van der Waals surface area contributed by atoms with Crippen molar-refractivity contribution in [2.75, 3.05) is 18.1 Å². The van der Waals surface area contributed by atoms with Gasteiger partial charge in [-0.05, 0) is 18.2 Å². The van der Waals surface area contributed by atoms with E-state index in [9.17, 15) is 31.5 Å². The second-order valence-electron chi connectivity index (χ2n) is 5.61. The monoisotopic (exact) mass is 427 g/mol. The lowest BCUT2D eigenvalue weighted by Crippen LogP contribution is -2.48. The van der Waals surface area contributed by atoms with Gasteiger partial charge in [-0.25, -0.2) is 21.6 Å². The van der Waals surface area contributed by atoms with E-state index in [1.807, 2.05) is 0 Å². The maximum Gasteiger partial charge on any atom is 0.335 e. The third kappa shape index (κ3) is 4.15. The Labute approximate surface area is 153 Å².